The van der Waals surface area contributed by atoms with Gasteiger partial charge in [0.2, 0.25) is 0 Å². The summed E-state index contributed by atoms with van der Waals surface area (Å²) >= 11 is 0. The molecule has 0 aliphatic rings. The van der Waals surface area contributed by atoms with Crippen molar-refractivity contribution in [2.75, 3.05) is 6.54 Å². The van der Waals surface area contributed by atoms with Gasteiger partial charge in [-0.2, -0.15) is 0 Å². The molecule has 24 heavy (non-hydrogen) atoms. The van der Waals surface area contributed by atoms with Gasteiger partial charge in [-0.15, -0.1) is 0 Å². The van der Waals surface area contributed by atoms with E-state index in [4.69, 9.17) is 9.26 Å². The van der Waals surface area contributed by atoms with E-state index in [-0.39, 0.29) is 11.6 Å². The lowest BCUT2D eigenvalue weighted by molar-refractivity contribution is 0.196. The highest BCUT2D eigenvalue weighted by Crippen LogP contribution is 2.25. The van der Waals surface area contributed by atoms with Crippen molar-refractivity contribution < 1.29 is 19.2 Å². The van der Waals surface area contributed by atoms with Crippen LogP contribution in [0, 0.1) is 0 Å². The van der Waals surface area contributed by atoms with E-state index in [1.807, 2.05) is 12.1 Å². The molecule has 1 amide bonds. The summed E-state index contributed by atoms with van der Waals surface area (Å²) in [4.78, 5) is 15.7. The Balaban J connectivity index is 1.51. The molecule has 7 heteroatoms. The Hall–Kier alpha value is -3.35. The van der Waals surface area contributed by atoms with E-state index >= 15 is 0 Å². The van der Waals surface area contributed by atoms with Crippen LogP contribution < -0.4 is 10.1 Å². The molecule has 0 radical (unpaired) electrons. The second kappa shape index (κ2) is 7.28. The van der Waals surface area contributed by atoms with Gasteiger partial charge in [-0.1, -0.05) is 6.07 Å². The predicted molar refractivity (Wildman–Crippen MR) is 85.6 cm³/mol. The smallest absolute Gasteiger partial charge is 0.414 e. The molecule has 2 aromatic heterocycles. The molecule has 2 heterocycles. The van der Waals surface area contributed by atoms with Crippen LogP contribution >= 0.6 is 0 Å². The zero-order valence-corrected chi connectivity index (χ0v) is 12.7. The van der Waals surface area contributed by atoms with E-state index in [0.29, 0.717) is 24.3 Å². The average Bonchev–Trinajstić information content (AvgIpc) is 3.05. The molecular formula is C17H15N3O4. The van der Waals surface area contributed by atoms with Gasteiger partial charge in [-0.3, -0.25) is 4.98 Å². The molecule has 3 rings (SSSR count). The number of hydrogen-bond donors (Lipinski definition) is 2. The van der Waals surface area contributed by atoms with Crippen molar-refractivity contribution in [2.24, 2.45) is 0 Å². The first-order chi connectivity index (χ1) is 11.7. The monoisotopic (exact) mass is 325 g/mol. The number of carbonyl (C=O) groups is 1. The van der Waals surface area contributed by atoms with Gasteiger partial charge in [-0.05, 0) is 47.5 Å². The van der Waals surface area contributed by atoms with E-state index in [2.05, 4.69) is 15.5 Å². The van der Waals surface area contributed by atoms with Gasteiger partial charge < -0.3 is 19.7 Å². The van der Waals surface area contributed by atoms with E-state index in [1.165, 1.54) is 18.2 Å². The van der Waals surface area contributed by atoms with Gasteiger partial charge in [0, 0.05) is 24.5 Å². The molecule has 122 valence electrons. The number of nitrogens with zero attached hydrogens (tertiary/aromatic N) is 2. The van der Waals surface area contributed by atoms with E-state index in [1.54, 1.807) is 24.5 Å². The van der Waals surface area contributed by atoms with Gasteiger partial charge >= 0.3 is 6.09 Å². The number of phenols is 1. The minimum atomic E-state index is -0.607. The molecule has 2 N–H and O–H groups in total. The van der Waals surface area contributed by atoms with Crippen LogP contribution in [0.5, 0.6) is 11.6 Å². The van der Waals surface area contributed by atoms with Crippen molar-refractivity contribution in [3.8, 4) is 23.0 Å². The molecular weight excluding hydrogens is 310 g/mol. The maximum Gasteiger partial charge on any atom is 0.414 e. The molecule has 0 bridgehead atoms. The topological polar surface area (TPSA) is 97.5 Å². The summed E-state index contributed by atoms with van der Waals surface area (Å²) in [6, 6.07) is 11.7. The average molecular weight is 325 g/mol. The number of benzene rings is 1. The Morgan fingerprint density at radius 2 is 2.08 bits per heavy atom. The maximum absolute atomic E-state index is 11.7. The number of ether oxygens (including phenoxy) is 1. The summed E-state index contributed by atoms with van der Waals surface area (Å²) in [5, 5.41) is 15.6. The molecule has 0 spiro atoms. The molecule has 0 aliphatic carbocycles. The zero-order valence-electron chi connectivity index (χ0n) is 12.7. The van der Waals surface area contributed by atoms with Crippen LogP contribution in [0.25, 0.3) is 11.3 Å². The lowest BCUT2D eigenvalue weighted by atomic mass is 10.2. The first kappa shape index (κ1) is 15.5. The van der Waals surface area contributed by atoms with Crippen molar-refractivity contribution in [3.63, 3.8) is 0 Å². The van der Waals surface area contributed by atoms with Gasteiger partial charge in [0.15, 0.2) is 5.76 Å². The van der Waals surface area contributed by atoms with Crippen LogP contribution in [0.1, 0.15) is 5.56 Å². The Kier molecular flexibility index (Phi) is 4.71. The van der Waals surface area contributed by atoms with Gasteiger partial charge in [0.05, 0.1) is 6.07 Å². The van der Waals surface area contributed by atoms with Crippen LogP contribution in [-0.2, 0) is 6.42 Å². The quantitative estimate of drug-likeness (QED) is 0.748. The number of aromatic nitrogens is 2. The molecule has 0 fully saturated rings. The standard InChI is InChI=1S/C17H15N3O4/c21-14-5-3-13(4-6-14)15-10-16(20-24-15)23-17(22)19-9-7-12-2-1-8-18-11-12/h1-6,8,10-11,21H,7,9H2,(H,19,22). The fourth-order valence-electron chi connectivity index (χ4n) is 2.05. The number of pyridine rings is 1. The molecule has 1 aromatic carbocycles. The second-order valence-corrected chi connectivity index (χ2v) is 5.00. The Morgan fingerprint density at radius 3 is 2.83 bits per heavy atom. The number of nitrogens with one attached hydrogen (secondary N) is 1. The highest BCUT2D eigenvalue weighted by molar-refractivity contribution is 5.70. The van der Waals surface area contributed by atoms with Crippen LogP contribution in [0.2, 0.25) is 0 Å². The Bertz CT molecular complexity index is 800. The number of rotatable bonds is 5. The highest BCUT2D eigenvalue weighted by atomic mass is 16.6. The molecule has 0 saturated carbocycles. The number of phenolic OH excluding ortho intramolecular Hbond substituents is 1. The van der Waals surface area contributed by atoms with Crippen molar-refractivity contribution >= 4 is 6.09 Å². The summed E-state index contributed by atoms with van der Waals surface area (Å²) in [5.41, 5.74) is 1.74. The highest BCUT2D eigenvalue weighted by Gasteiger charge is 2.11. The van der Waals surface area contributed by atoms with Crippen molar-refractivity contribution in [1.29, 1.82) is 0 Å². The van der Waals surface area contributed by atoms with E-state index < -0.39 is 6.09 Å². The summed E-state index contributed by atoms with van der Waals surface area (Å²) in [7, 11) is 0. The summed E-state index contributed by atoms with van der Waals surface area (Å²) in [6.07, 6.45) is 3.49. The number of carbonyl (C=O) groups excluding carboxylic acids is 1. The molecule has 3 aromatic rings. The first-order valence-corrected chi connectivity index (χ1v) is 7.31. The zero-order chi connectivity index (χ0) is 16.8. The SMILES string of the molecule is O=C(NCCc1cccnc1)Oc1cc(-c2ccc(O)cc2)on1. The maximum atomic E-state index is 11.7. The largest absolute Gasteiger partial charge is 0.508 e. The van der Waals surface area contributed by atoms with Crippen LogP contribution in [-0.4, -0.2) is 27.9 Å². The van der Waals surface area contributed by atoms with Crippen LogP contribution in [0.3, 0.4) is 0 Å². The minimum absolute atomic E-state index is 0.0666. The van der Waals surface area contributed by atoms with Gasteiger partial charge in [0.1, 0.15) is 5.75 Å². The minimum Gasteiger partial charge on any atom is -0.508 e. The van der Waals surface area contributed by atoms with Crippen LogP contribution in [0.4, 0.5) is 4.79 Å². The van der Waals surface area contributed by atoms with Gasteiger partial charge in [0.25, 0.3) is 5.88 Å². The normalized spacial score (nSPS) is 10.3. The summed E-state index contributed by atoms with van der Waals surface area (Å²) in [5.74, 6) is 0.660. The fraction of sp³-hybridized carbons (Fsp3) is 0.118. The third kappa shape index (κ3) is 4.10. The number of amides is 1. The van der Waals surface area contributed by atoms with E-state index in [0.717, 1.165) is 5.56 Å². The third-order valence-corrected chi connectivity index (χ3v) is 3.24. The van der Waals surface area contributed by atoms with Crippen molar-refractivity contribution in [2.45, 2.75) is 6.42 Å². The number of hydrogen-bond acceptors (Lipinski definition) is 6. The molecule has 0 atom stereocenters. The summed E-state index contributed by atoms with van der Waals surface area (Å²) in [6.45, 7) is 0.424. The Morgan fingerprint density at radius 1 is 1.25 bits per heavy atom. The second-order valence-electron chi connectivity index (χ2n) is 5.00. The molecule has 0 saturated heterocycles. The van der Waals surface area contributed by atoms with E-state index in [9.17, 15) is 9.90 Å². The number of aromatic hydroxyl groups is 1. The Labute approximate surface area is 137 Å². The first-order valence-electron chi connectivity index (χ1n) is 7.31. The third-order valence-electron chi connectivity index (χ3n) is 3.24. The fourth-order valence-corrected chi connectivity index (χ4v) is 2.05. The molecule has 7 nitrogen and oxygen atoms in total. The van der Waals surface area contributed by atoms with Crippen molar-refractivity contribution in [3.05, 3.63) is 60.4 Å². The lowest BCUT2D eigenvalue weighted by Gasteiger charge is -2.03. The van der Waals surface area contributed by atoms with Gasteiger partial charge in [-0.25, -0.2) is 4.79 Å². The molecule has 0 aliphatic heterocycles. The molecule has 0 unspecified atom stereocenters. The predicted octanol–water partition coefficient (Wildman–Crippen LogP) is 2.77. The van der Waals surface area contributed by atoms with Crippen LogP contribution in [0.15, 0.2) is 59.4 Å². The lowest BCUT2D eigenvalue weighted by Crippen LogP contribution is -2.28. The summed E-state index contributed by atoms with van der Waals surface area (Å²) < 4.78 is 10.2. The van der Waals surface area contributed by atoms with Crippen molar-refractivity contribution in [1.82, 2.24) is 15.5 Å².